The van der Waals surface area contributed by atoms with E-state index in [-0.39, 0.29) is 11.9 Å². The zero-order valence-electron chi connectivity index (χ0n) is 14.1. The van der Waals surface area contributed by atoms with E-state index in [1.54, 1.807) is 0 Å². The van der Waals surface area contributed by atoms with E-state index >= 15 is 0 Å². The Bertz CT molecular complexity index is 694. The van der Waals surface area contributed by atoms with Crippen LogP contribution in [0.15, 0.2) is 66.7 Å². The van der Waals surface area contributed by atoms with Gasteiger partial charge in [-0.05, 0) is 30.0 Å². The van der Waals surface area contributed by atoms with Gasteiger partial charge < -0.3 is 5.32 Å². The summed E-state index contributed by atoms with van der Waals surface area (Å²) in [6.07, 6.45) is 3.23. The largest absolute Gasteiger partial charge is 0.348 e. The molecule has 3 nitrogen and oxygen atoms in total. The molecule has 0 aliphatic carbocycles. The van der Waals surface area contributed by atoms with E-state index in [9.17, 15) is 4.79 Å². The zero-order valence-corrected chi connectivity index (χ0v) is 14.1. The molecule has 2 aromatic rings. The second-order valence-corrected chi connectivity index (χ2v) is 6.28. The van der Waals surface area contributed by atoms with Gasteiger partial charge in [0.25, 0.3) is 0 Å². The molecule has 1 N–H and O–H groups in total. The first-order valence-electron chi connectivity index (χ1n) is 8.53. The Morgan fingerprint density at radius 1 is 1.08 bits per heavy atom. The van der Waals surface area contributed by atoms with E-state index < -0.39 is 0 Å². The summed E-state index contributed by atoms with van der Waals surface area (Å²) in [4.78, 5) is 14.5. The lowest BCUT2D eigenvalue weighted by Crippen LogP contribution is -2.40. The number of carbonyl (C=O) groups is 1. The van der Waals surface area contributed by atoms with Gasteiger partial charge in [-0.1, -0.05) is 66.7 Å². The summed E-state index contributed by atoms with van der Waals surface area (Å²) in [5, 5.41) is 3.09. The minimum absolute atomic E-state index is 0.0407. The fourth-order valence-corrected chi connectivity index (χ4v) is 3.08. The van der Waals surface area contributed by atoms with Crippen molar-refractivity contribution in [3.05, 3.63) is 77.9 Å². The van der Waals surface area contributed by atoms with Gasteiger partial charge in [0.05, 0.1) is 12.6 Å². The summed E-state index contributed by atoms with van der Waals surface area (Å²) < 4.78 is 0. The van der Waals surface area contributed by atoms with Crippen molar-refractivity contribution in [2.75, 3.05) is 19.6 Å². The molecule has 24 heavy (non-hydrogen) atoms. The van der Waals surface area contributed by atoms with Crippen molar-refractivity contribution in [3.63, 3.8) is 0 Å². The molecule has 3 rings (SSSR count). The maximum atomic E-state index is 12.3. The maximum Gasteiger partial charge on any atom is 0.234 e. The molecule has 0 saturated carbocycles. The first-order chi connectivity index (χ1) is 11.7. The summed E-state index contributed by atoms with van der Waals surface area (Å²) in [7, 11) is 0. The Morgan fingerprint density at radius 2 is 1.75 bits per heavy atom. The van der Waals surface area contributed by atoms with Crippen LogP contribution in [0.5, 0.6) is 0 Å². The van der Waals surface area contributed by atoms with E-state index in [1.165, 1.54) is 11.1 Å². The third-order valence-corrected chi connectivity index (χ3v) is 4.48. The Morgan fingerprint density at radius 3 is 2.38 bits per heavy atom. The Kier molecular flexibility index (Phi) is 5.44. The van der Waals surface area contributed by atoms with Crippen molar-refractivity contribution in [1.29, 1.82) is 0 Å². The second-order valence-electron chi connectivity index (χ2n) is 6.28. The van der Waals surface area contributed by atoms with Crippen LogP contribution < -0.4 is 5.32 Å². The molecule has 0 saturated heterocycles. The molecule has 1 amide bonds. The van der Waals surface area contributed by atoms with Gasteiger partial charge in [0.15, 0.2) is 0 Å². The number of hydrogen-bond acceptors (Lipinski definition) is 2. The van der Waals surface area contributed by atoms with Gasteiger partial charge in [0.1, 0.15) is 0 Å². The minimum atomic E-state index is 0.0407. The Labute approximate surface area is 144 Å². The van der Waals surface area contributed by atoms with Crippen LogP contribution >= 0.6 is 0 Å². The molecule has 1 heterocycles. The summed E-state index contributed by atoms with van der Waals surface area (Å²) in [6, 6.07) is 20.6. The van der Waals surface area contributed by atoms with Crippen LogP contribution in [-0.2, 0) is 4.79 Å². The monoisotopic (exact) mass is 320 g/mol. The first kappa shape index (κ1) is 16.5. The molecular weight excluding hydrogens is 296 g/mol. The molecule has 0 bridgehead atoms. The smallest absolute Gasteiger partial charge is 0.234 e. The number of rotatable bonds is 5. The lowest BCUT2D eigenvalue weighted by molar-refractivity contribution is -0.122. The molecule has 1 unspecified atom stereocenters. The van der Waals surface area contributed by atoms with E-state index in [2.05, 4.69) is 40.6 Å². The Hall–Kier alpha value is -2.39. The van der Waals surface area contributed by atoms with Crippen LogP contribution in [0.3, 0.4) is 0 Å². The quantitative estimate of drug-likeness (QED) is 0.912. The highest BCUT2D eigenvalue weighted by Gasteiger charge is 2.17. The number of hydrogen-bond donors (Lipinski definition) is 1. The number of carbonyl (C=O) groups excluding carboxylic acids is 1. The average molecular weight is 320 g/mol. The fraction of sp³-hybridized carbons (Fsp3) is 0.286. The number of amides is 1. The molecule has 1 aliphatic heterocycles. The van der Waals surface area contributed by atoms with Gasteiger partial charge >= 0.3 is 0 Å². The van der Waals surface area contributed by atoms with Crippen molar-refractivity contribution in [2.24, 2.45) is 0 Å². The van der Waals surface area contributed by atoms with Gasteiger partial charge in [0.2, 0.25) is 5.91 Å². The van der Waals surface area contributed by atoms with Gasteiger partial charge in [0, 0.05) is 13.1 Å². The van der Waals surface area contributed by atoms with Crippen LogP contribution in [0.4, 0.5) is 0 Å². The molecule has 0 radical (unpaired) electrons. The van der Waals surface area contributed by atoms with Crippen molar-refractivity contribution >= 4 is 11.5 Å². The average Bonchev–Trinajstić information content (AvgIpc) is 2.64. The fourth-order valence-electron chi connectivity index (χ4n) is 3.08. The van der Waals surface area contributed by atoms with Gasteiger partial charge in [-0.15, -0.1) is 0 Å². The van der Waals surface area contributed by atoms with Crippen LogP contribution in [0.2, 0.25) is 0 Å². The number of nitrogens with one attached hydrogen (secondary N) is 1. The molecule has 1 aliphatic rings. The highest BCUT2D eigenvalue weighted by atomic mass is 16.2. The SMILES string of the molecule is CC(NC(=O)CN1CC=C(c2ccccc2)CC1)c1ccccc1. The first-order valence-corrected chi connectivity index (χ1v) is 8.53. The number of nitrogens with zero attached hydrogens (tertiary/aromatic N) is 1. The van der Waals surface area contributed by atoms with Crippen molar-refractivity contribution < 1.29 is 4.79 Å². The van der Waals surface area contributed by atoms with E-state index in [0.717, 1.165) is 25.1 Å². The van der Waals surface area contributed by atoms with Gasteiger partial charge in [-0.25, -0.2) is 0 Å². The lowest BCUT2D eigenvalue weighted by atomic mass is 9.99. The molecule has 0 spiro atoms. The summed E-state index contributed by atoms with van der Waals surface area (Å²) in [6.45, 7) is 4.23. The van der Waals surface area contributed by atoms with Crippen LogP contribution in [0.25, 0.3) is 5.57 Å². The van der Waals surface area contributed by atoms with Crippen molar-refractivity contribution in [2.45, 2.75) is 19.4 Å². The third kappa shape index (κ3) is 4.33. The van der Waals surface area contributed by atoms with Crippen molar-refractivity contribution in [3.8, 4) is 0 Å². The summed E-state index contributed by atoms with van der Waals surface area (Å²) >= 11 is 0. The molecule has 1 atom stereocenters. The van der Waals surface area contributed by atoms with E-state index in [1.807, 2.05) is 43.3 Å². The minimum Gasteiger partial charge on any atom is -0.348 e. The Balaban J connectivity index is 1.51. The van der Waals surface area contributed by atoms with Crippen LogP contribution in [0, 0.1) is 0 Å². The summed E-state index contributed by atoms with van der Waals surface area (Å²) in [5.74, 6) is 0.0860. The molecule has 2 aromatic carbocycles. The third-order valence-electron chi connectivity index (χ3n) is 4.48. The predicted molar refractivity (Wildman–Crippen MR) is 98.5 cm³/mol. The highest BCUT2D eigenvalue weighted by Crippen LogP contribution is 2.21. The van der Waals surface area contributed by atoms with Crippen LogP contribution in [0.1, 0.15) is 30.5 Å². The molecule has 124 valence electrons. The van der Waals surface area contributed by atoms with E-state index in [4.69, 9.17) is 0 Å². The molecule has 0 fully saturated rings. The van der Waals surface area contributed by atoms with E-state index in [0.29, 0.717) is 6.54 Å². The van der Waals surface area contributed by atoms with Gasteiger partial charge in [-0.2, -0.15) is 0 Å². The molecular formula is C21H24N2O. The molecule has 0 aromatic heterocycles. The predicted octanol–water partition coefficient (Wildman–Crippen LogP) is 3.65. The zero-order chi connectivity index (χ0) is 16.8. The summed E-state index contributed by atoms with van der Waals surface area (Å²) in [5.41, 5.74) is 3.81. The van der Waals surface area contributed by atoms with Crippen molar-refractivity contribution in [1.82, 2.24) is 10.2 Å². The standard InChI is InChI=1S/C21H24N2O/c1-17(18-8-4-2-5-9-18)22-21(24)16-23-14-12-20(13-15-23)19-10-6-3-7-11-19/h2-12,17H,13-16H2,1H3,(H,22,24). The van der Waals surface area contributed by atoms with Gasteiger partial charge in [-0.3, -0.25) is 9.69 Å². The maximum absolute atomic E-state index is 12.3. The topological polar surface area (TPSA) is 32.3 Å². The van der Waals surface area contributed by atoms with Crippen LogP contribution in [-0.4, -0.2) is 30.4 Å². The lowest BCUT2D eigenvalue weighted by Gasteiger charge is -2.26. The number of benzene rings is 2. The highest BCUT2D eigenvalue weighted by molar-refractivity contribution is 5.78. The normalized spacial score (nSPS) is 16.3. The second kappa shape index (κ2) is 7.93. The molecule has 3 heteroatoms.